The molecule has 138 valence electrons. The molecule has 0 amide bonds. The maximum Gasteiger partial charge on any atom is 0.338 e. The molecule has 2 aromatic carbocycles. The lowest BCUT2D eigenvalue weighted by Gasteiger charge is -2.28. The van der Waals surface area contributed by atoms with Crippen LogP contribution in [0.15, 0.2) is 42.5 Å². The molecule has 4 heteroatoms. The second kappa shape index (κ2) is 8.26. The molecule has 0 atom stereocenters. The highest BCUT2D eigenvalue weighted by atomic mass is 16.5. The minimum absolute atomic E-state index is 0.0563. The Hall–Kier alpha value is -2.49. The number of benzene rings is 2. The Morgan fingerprint density at radius 2 is 1.65 bits per heavy atom. The Morgan fingerprint density at radius 3 is 2.31 bits per heavy atom. The summed E-state index contributed by atoms with van der Waals surface area (Å²) in [6.07, 6.45) is 5.23. The molecule has 0 spiro atoms. The summed E-state index contributed by atoms with van der Waals surface area (Å²) in [7, 11) is 0. The Labute approximate surface area is 154 Å². The van der Waals surface area contributed by atoms with Gasteiger partial charge in [0.05, 0.1) is 5.56 Å². The molecule has 3 rings (SSSR count). The molecule has 1 fully saturated rings. The van der Waals surface area contributed by atoms with Crippen molar-refractivity contribution in [2.75, 3.05) is 0 Å². The lowest BCUT2D eigenvalue weighted by molar-refractivity contribution is 0.0194. The van der Waals surface area contributed by atoms with E-state index in [0.717, 1.165) is 44.1 Å². The van der Waals surface area contributed by atoms with E-state index >= 15 is 0 Å². The van der Waals surface area contributed by atoms with Gasteiger partial charge in [-0.2, -0.15) is 0 Å². The highest BCUT2D eigenvalue weighted by molar-refractivity contribution is 5.91. The van der Waals surface area contributed by atoms with Crippen molar-refractivity contribution in [3.05, 3.63) is 59.2 Å². The van der Waals surface area contributed by atoms with Gasteiger partial charge in [-0.3, -0.25) is 0 Å². The molecule has 0 saturated heterocycles. The monoisotopic (exact) mass is 354 g/mol. The number of carbonyl (C=O) groups is 1. The van der Waals surface area contributed by atoms with E-state index in [4.69, 9.17) is 4.74 Å². The Balaban J connectivity index is 1.59. The van der Waals surface area contributed by atoms with Gasteiger partial charge in [-0.1, -0.05) is 25.5 Å². The van der Waals surface area contributed by atoms with Gasteiger partial charge in [0.25, 0.3) is 0 Å². The molecule has 2 aromatic rings. The van der Waals surface area contributed by atoms with Crippen LogP contribution in [0.4, 0.5) is 0 Å². The smallest absolute Gasteiger partial charge is 0.338 e. The minimum atomic E-state index is -0.290. The number of hydrogen-bond acceptors (Lipinski definition) is 4. The number of carbonyl (C=O) groups excluding carboxylic acids is 1. The first-order chi connectivity index (χ1) is 12.6. The third-order valence-electron chi connectivity index (χ3n) is 5.14. The first-order valence-corrected chi connectivity index (χ1v) is 9.38. The number of esters is 1. The van der Waals surface area contributed by atoms with Gasteiger partial charge in [-0.15, -0.1) is 0 Å². The van der Waals surface area contributed by atoms with Gasteiger partial charge in [-0.05, 0) is 79.5 Å². The number of ether oxygens (including phenoxy) is 1. The Morgan fingerprint density at radius 1 is 1.00 bits per heavy atom. The summed E-state index contributed by atoms with van der Waals surface area (Å²) in [6, 6.07) is 12.2. The number of aromatic hydroxyl groups is 2. The van der Waals surface area contributed by atoms with Gasteiger partial charge < -0.3 is 14.9 Å². The zero-order valence-electron chi connectivity index (χ0n) is 15.1. The fourth-order valence-corrected chi connectivity index (χ4v) is 3.73. The third-order valence-corrected chi connectivity index (χ3v) is 5.14. The summed E-state index contributed by atoms with van der Waals surface area (Å²) in [5.74, 6) is 0.629. The van der Waals surface area contributed by atoms with Crippen LogP contribution in [0.1, 0.15) is 66.4 Å². The largest absolute Gasteiger partial charge is 0.508 e. The molecule has 0 bridgehead atoms. The number of hydrogen-bond donors (Lipinski definition) is 2. The van der Waals surface area contributed by atoms with E-state index in [2.05, 4.69) is 0 Å². The highest BCUT2D eigenvalue weighted by Gasteiger charge is 2.26. The molecular weight excluding hydrogens is 328 g/mol. The van der Waals surface area contributed by atoms with Gasteiger partial charge in [0.15, 0.2) is 0 Å². The van der Waals surface area contributed by atoms with Crippen molar-refractivity contribution < 1.29 is 19.7 Å². The van der Waals surface area contributed by atoms with Crippen molar-refractivity contribution in [2.45, 2.75) is 57.5 Å². The lowest BCUT2D eigenvalue weighted by Crippen LogP contribution is -2.24. The molecule has 1 aliphatic rings. The van der Waals surface area contributed by atoms with Crippen LogP contribution >= 0.6 is 0 Å². The number of phenols is 2. The van der Waals surface area contributed by atoms with Crippen LogP contribution in [0.2, 0.25) is 0 Å². The fraction of sp³-hybridized carbons (Fsp3) is 0.409. The van der Waals surface area contributed by atoms with E-state index in [1.54, 1.807) is 24.3 Å². The van der Waals surface area contributed by atoms with Crippen LogP contribution in [0.3, 0.4) is 0 Å². The van der Waals surface area contributed by atoms with E-state index in [9.17, 15) is 15.0 Å². The number of phenolic OH excluding ortho intramolecular Hbond substituents is 2. The summed E-state index contributed by atoms with van der Waals surface area (Å²) in [5, 5.41) is 19.1. The molecule has 0 aromatic heterocycles. The normalized spacial score (nSPS) is 19.9. The second-order valence-electron chi connectivity index (χ2n) is 7.06. The summed E-state index contributed by atoms with van der Waals surface area (Å²) in [6.45, 7) is 2.05. The summed E-state index contributed by atoms with van der Waals surface area (Å²) in [5.41, 5.74) is 2.64. The molecule has 1 aliphatic carbocycles. The highest BCUT2D eigenvalue weighted by Crippen LogP contribution is 2.35. The molecule has 1 saturated carbocycles. The van der Waals surface area contributed by atoms with Crippen LogP contribution in [-0.4, -0.2) is 22.3 Å². The first kappa shape index (κ1) is 18.3. The number of aryl methyl sites for hydroxylation is 1. The zero-order chi connectivity index (χ0) is 18.5. The van der Waals surface area contributed by atoms with E-state index < -0.39 is 0 Å². The van der Waals surface area contributed by atoms with Gasteiger partial charge in [0, 0.05) is 0 Å². The lowest BCUT2D eigenvalue weighted by atomic mass is 9.82. The average Bonchev–Trinajstić information content (AvgIpc) is 2.63. The predicted molar refractivity (Wildman–Crippen MR) is 101 cm³/mol. The van der Waals surface area contributed by atoms with Crippen molar-refractivity contribution in [2.24, 2.45) is 0 Å². The Kier molecular flexibility index (Phi) is 5.82. The standard InChI is InChI=1S/C22H26O4/c1-2-3-17-14-19(24)10-13-21(17)22(25)26-20-11-6-16(7-12-20)15-4-8-18(23)9-5-15/h4-5,8-10,13-14,16,20,23-24H,2-3,6-7,11-12H2,1H3. The molecule has 0 unspecified atom stereocenters. The fourth-order valence-electron chi connectivity index (χ4n) is 3.73. The maximum absolute atomic E-state index is 12.6. The maximum atomic E-state index is 12.6. The summed E-state index contributed by atoms with van der Waals surface area (Å²) >= 11 is 0. The van der Waals surface area contributed by atoms with Gasteiger partial charge in [-0.25, -0.2) is 4.79 Å². The van der Waals surface area contributed by atoms with Crippen LogP contribution in [-0.2, 0) is 11.2 Å². The summed E-state index contributed by atoms with van der Waals surface area (Å²) < 4.78 is 5.75. The summed E-state index contributed by atoms with van der Waals surface area (Å²) in [4.78, 5) is 12.6. The zero-order valence-corrected chi connectivity index (χ0v) is 15.1. The van der Waals surface area contributed by atoms with E-state index in [-0.39, 0.29) is 23.6 Å². The van der Waals surface area contributed by atoms with Crippen molar-refractivity contribution in [3.8, 4) is 11.5 Å². The van der Waals surface area contributed by atoms with Crippen LogP contribution in [0.5, 0.6) is 11.5 Å². The SMILES string of the molecule is CCCc1cc(O)ccc1C(=O)OC1CCC(c2ccc(O)cc2)CC1. The van der Waals surface area contributed by atoms with Gasteiger partial charge in [0.2, 0.25) is 0 Å². The van der Waals surface area contributed by atoms with E-state index in [1.165, 1.54) is 11.6 Å². The molecule has 0 radical (unpaired) electrons. The molecule has 0 heterocycles. The average molecular weight is 354 g/mol. The molecular formula is C22H26O4. The third kappa shape index (κ3) is 4.37. The van der Waals surface area contributed by atoms with Gasteiger partial charge >= 0.3 is 5.97 Å². The molecule has 0 aliphatic heterocycles. The van der Waals surface area contributed by atoms with Crippen LogP contribution in [0.25, 0.3) is 0 Å². The first-order valence-electron chi connectivity index (χ1n) is 9.38. The van der Waals surface area contributed by atoms with E-state index in [1.807, 2.05) is 19.1 Å². The van der Waals surface area contributed by atoms with E-state index in [0.29, 0.717) is 11.5 Å². The van der Waals surface area contributed by atoms with Crippen LogP contribution < -0.4 is 0 Å². The van der Waals surface area contributed by atoms with Crippen LogP contribution in [0, 0.1) is 0 Å². The van der Waals surface area contributed by atoms with Crippen molar-refractivity contribution in [1.82, 2.24) is 0 Å². The van der Waals surface area contributed by atoms with Crippen molar-refractivity contribution in [3.63, 3.8) is 0 Å². The minimum Gasteiger partial charge on any atom is -0.508 e. The van der Waals surface area contributed by atoms with Gasteiger partial charge in [0.1, 0.15) is 17.6 Å². The topological polar surface area (TPSA) is 66.8 Å². The molecule has 4 nitrogen and oxygen atoms in total. The molecule has 26 heavy (non-hydrogen) atoms. The van der Waals surface area contributed by atoms with Crippen molar-refractivity contribution >= 4 is 5.97 Å². The quantitative estimate of drug-likeness (QED) is 0.747. The second-order valence-corrected chi connectivity index (χ2v) is 7.06. The number of rotatable bonds is 5. The predicted octanol–water partition coefficient (Wildman–Crippen LogP) is 4.93. The van der Waals surface area contributed by atoms with Crippen molar-refractivity contribution in [1.29, 1.82) is 0 Å². The Bertz CT molecular complexity index is 743. The molecule has 2 N–H and O–H groups in total.